The van der Waals surface area contributed by atoms with Crippen LogP contribution < -0.4 is 9.64 Å². The van der Waals surface area contributed by atoms with Crippen LogP contribution >= 0.6 is 0 Å². The molecule has 2 aliphatic carbocycles. The molecule has 3 atom stereocenters. The van der Waals surface area contributed by atoms with Crippen molar-refractivity contribution in [1.29, 1.82) is 0 Å². The number of ether oxygens (including phenoxy) is 1. The Labute approximate surface area is 302 Å². The van der Waals surface area contributed by atoms with Gasteiger partial charge in [-0.2, -0.15) is 0 Å². The van der Waals surface area contributed by atoms with E-state index in [2.05, 4.69) is 167 Å². The summed E-state index contributed by atoms with van der Waals surface area (Å²) in [5.41, 5.74) is 14.7. The van der Waals surface area contributed by atoms with Crippen molar-refractivity contribution in [2.24, 2.45) is 5.92 Å². The van der Waals surface area contributed by atoms with E-state index in [1.54, 1.807) is 0 Å². The van der Waals surface area contributed by atoms with E-state index in [4.69, 9.17) is 4.74 Å². The van der Waals surface area contributed by atoms with E-state index in [0.717, 1.165) is 28.6 Å². The van der Waals surface area contributed by atoms with Crippen molar-refractivity contribution in [1.82, 2.24) is 4.57 Å². The summed E-state index contributed by atoms with van der Waals surface area (Å²) >= 11 is 0. The molecule has 3 unspecified atom stereocenters. The van der Waals surface area contributed by atoms with Gasteiger partial charge in [-0.15, -0.1) is 0 Å². The highest BCUT2D eigenvalue weighted by Gasteiger charge is 2.56. The van der Waals surface area contributed by atoms with E-state index in [9.17, 15) is 0 Å². The monoisotopic (exact) mass is 664 g/mol. The molecular formula is C49H32N2O. The molecule has 0 fully saturated rings. The van der Waals surface area contributed by atoms with E-state index in [0.29, 0.717) is 0 Å². The second-order valence-corrected chi connectivity index (χ2v) is 14.4. The normalized spacial score (nSPS) is 20.0. The van der Waals surface area contributed by atoms with Crippen molar-refractivity contribution >= 4 is 38.9 Å². The predicted octanol–water partition coefficient (Wildman–Crippen LogP) is 12.5. The quantitative estimate of drug-likeness (QED) is 0.183. The molecule has 0 saturated heterocycles. The van der Waals surface area contributed by atoms with Crippen molar-refractivity contribution in [3.63, 3.8) is 0 Å². The lowest BCUT2D eigenvalue weighted by atomic mass is 9.61. The minimum atomic E-state index is -0.364. The maximum absolute atomic E-state index is 6.35. The molecule has 0 amide bonds. The van der Waals surface area contributed by atoms with Crippen LogP contribution in [0.1, 0.15) is 28.2 Å². The van der Waals surface area contributed by atoms with E-state index < -0.39 is 0 Å². The lowest BCUT2D eigenvalue weighted by Crippen LogP contribution is -2.38. The van der Waals surface area contributed by atoms with Crippen LogP contribution in [-0.2, 0) is 5.41 Å². The van der Waals surface area contributed by atoms with Crippen LogP contribution in [0.15, 0.2) is 182 Å². The van der Waals surface area contributed by atoms with Gasteiger partial charge in [-0.3, -0.25) is 0 Å². The molecule has 0 N–H and O–H groups in total. The Morgan fingerprint density at radius 3 is 2.04 bits per heavy atom. The fourth-order valence-corrected chi connectivity index (χ4v) is 10.1. The van der Waals surface area contributed by atoms with E-state index in [1.807, 2.05) is 24.3 Å². The van der Waals surface area contributed by atoms with Crippen LogP contribution in [0, 0.1) is 5.92 Å². The summed E-state index contributed by atoms with van der Waals surface area (Å²) in [6, 6.07) is 57.9. The number of anilines is 3. The largest absolute Gasteiger partial charge is 0.453 e. The van der Waals surface area contributed by atoms with E-state index in [-0.39, 0.29) is 17.3 Å². The van der Waals surface area contributed by atoms with Gasteiger partial charge in [-0.1, -0.05) is 127 Å². The van der Waals surface area contributed by atoms with Gasteiger partial charge in [-0.25, -0.2) is 0 Å². The number of aromatic nitrogens is 1. The Balaban J connectivity index is 1.11. The Hall–Kier alpha value is -6.58. The molecule has 0 bridgehead atoms. The maximum atomic E-state index is 6.35. The van der Waals surface area contributed by atoms with Gasteiger partial charge < -0.3 is 14.2 Å². The molecule has 2 aliphatic heterocycles. The Morgan fingerprint density at radius 1 is 0.500 bits per heavy atom. The molecule has 3 heterocycles. The van der Waals surface area contributed by atoms with Gasteiger partial charge in [0.15, 0.2) is 11.5 Å². The molecular weight excluding hydrogens is 633 g/mol. The predicted molar refractivity (Wildman–Crippen MR) is 212 cm³/mol. The minimum Gasteiger partial charge on any atom is -0.453 e. The standard InChI is InChI=1S/C49H32N2O/c1-3-18-38-34(15-1)35-28-27-32(31-13-11-14-33(29-31)50-44-23-7-9-25-46(44)52-47-26-10-8-24-45(47)50)30-41(35)49(38)39-19-4-6-22-43(39)51-42-21-5-2-16-36(42)37-17-12-20-40(49)48(37)51/h1-30,34,38H. The average molecular weight is 665 g/mol. The second kappa shape index (κ2) is 10.2. The summed E-state index contributed by atoms with van der Waals surface area (Å²) in [7, 11) is 0. The molecule has 3 nitrogen and oxygen atoms in total. The Morgan fingerprint density at radius 2 is 1.17 bits per heavy atom. The number of rotatable bonds is 2. The fraction of sp³-hybridized carbons (Fsp3) is 0.0612. The molecule has 8 aromatic rings. The number of hydrogen-bond acceptors (Lipinski definition) is 2. The molecule has 1 spiro atoms. The number of fused-ring (bicyclic) bond motifs is 14. The van der Waals surface area contributed by atoms with Crippen LogP contribution in [0.25, 0.3) is 38.6 Å². The zero-order chi connectivity index (χ0) is 34.0. The van der Waals surface area contributed by atoms with Crippen molar-refractivity contribution in [2.75, 3.05) is 4.90 Å². The zero-order valence-electron chi connectivity index (χ0n) is 28.3. The van der Waals surface area contributed by atoms with Crippen molar-refractivity contribution in [3.8, 4) is 28.3 Å². The first-order valence-electron chi connectivity index (χ1n) is 18.2. The summed E-state index contributed by atoms with van der Waals surface area (Å²) in [4.78, 5) is 2.33. The van der Waals surface area contributed by atoms with Crippen LogP contribution in [0.2, 0.25) is 0 Å². The first-order valence-corrected chi connectivity index (χ1v) is 18.2. The summed E-state index contributed by atoms with van der Waals surface area (Å²) in [6.45, 7) is 0. The Kier molecular flexibility index (Phi) is 5.55. The van der Waals surface area contributed by atoms with Crippen molar-refractivity contribution < 1.29 is 4.74 Å². The molecule has 4 aliphatic rings. The number of benzene rings is 7. The molecule has 0 radical (unpaired) electrons. The van der Waals surface area contributed by atoms with Gasteiger partial charge in [0, 0.05) is 28.3 Å². The van der Waals surface area contributed by atoms with E-state index in [1.165, 1.54) is 60.9 Å². The first kappa shape index (κ1) is 28.2. The van der Waals surface area contributed by atoms with Gasteiger partial charge in [0.25, 0.3) is 0 Å². The van der Waals surface area contributed by atoms with Gasteiger partial charge in [0.05, 0.1) is 33.5 Å². The SMILES string of the molecule is C1=CC2c3ccc(-c4cccc(N5c6ccccc6Oc6ccccc65)c4)cc3C3(c4ccccc4-n4c5ccccc5c5cccc3c54)C2C=C1. The molecule has 1 aromatic heterocycles. The molecule has 0 saturated carbocycles. The third-order valence-electron chi connectivity index (χ3n) is 12.0. The third-order valence-corrected chi connectivity index (χ3v) is 12.0. The summed E-state index contributed by atoms with van der Waals surface area (Å²) in [5.74, 6) is 2.24. The Bertz CT molecular complexity index is 2830. The summed E-state index contributed by atoms with van der Waals surface area (Å²) < 4.78 is 8.88. The highest BCUT2D eigenvalue weighted by molar-refractivity contribution is 6.12. The number of nitrogens with zero attached hydrogens (tertiary/aromatic N) is 2. The van der Waals surface area contributed by atoms with E-state index >= 15 is 0 Å². The van der Waals surface area contributed by atoms with Crippen LogP contribution in [-0.4, -0.2) is 4.57 Å². The summed E-state index contributed by atoms with van der Waals surface area (Å²) in [6.07, 6.45) is 9.42. The van der Waals surface area contributed by atoms with Gasteiger partial charge in [0.2, 0.25) is 0 Å². The van der Waals surface area contributed by atoms with Crippen LogP contribution in [0.5, 0.6) is 11.5 Å². The van der Waals surface area contributed by atoms with Crippen molar-refractivity contribution in [3.05, 3.63) is 204 Å². The lowest BCUT2D eigenvalue weighted by Gasteiger charge is -2.43. The highest BCUT2D eigenvalue weighted by atomic mass is 16.5. The number of para-hydroxylation sites is 7. The van der Waals surface area contributed by atoms with Gasteiger partial charge >= 0.3 is 0 Å². The average Bonchev–Trinajstić information content (AvgIpc) is 3.70. The van der Waals surface area contributed by atoms with Crippen LogP contribution in [0.3, 0.4) is 0 Å². The number of allylic oxidation sites excluding steroid dienone is 4. The van der Waals surface area contributed by atoms with Crippen molar-refractivity contribution in [2.45, 2.75) is 11.3 Å². The lowest BCUT2D eigenvalue weighted by molar-refractivity contribution is 0.454. The molecule has 52 heavy (non-hydrogen) atoms. The minimum absolute atomic E-state index is 0.244. The molecule has 244 valence electrons. The summed E-state index contributed by atoms with van der Waals surface area (Å²) in [5, 5.41) is 2.62. The van der Waals surface area contributed by atoms with Gasteiger partial charge in [-0.05, 0) is 88.0 Å². The second-order valence-electron chi connectivity index (χ2n) is 14.4. The fourth-order valence-electron chi connectivity index (χ4n) is 10.1. The third kappa shape index (κ3) is 3.50. The maximum Gasteiger partial charge on any atom is 0.151 e. The highest BCUT2D eigenvalue weighted by Crippen LogP contribution is 2.64. The molecule has 12 rings (SSSR count). The van der Waals surface area contributed by atoms with Gasteiger partial charge in [0.1, 0.15) is 0 Å². The first-order chi connectivity index (χ1) is 25.8. The molecule has 7 aromatic carbocycles. The smallest absolute Gasteiger partial charge is 0.151 e. The topological polar surface area (TPSA) is 17.4 Å². The zero-order valence-corrected chi connectivity index (χ0v) is 28.3. The van der Waals surface area contributed by atoms with Crippen LogP contribution in [0.4, 0.5) is 17.1 Å². The molecule has 3 heteroatoms. The number of hydrogen-bond donors (Lipinski definition) is 0.